The highest BCUT2D eigenvalue weighted by Crippen LogP contribution is 2.39. The molecule has 1 saturated carbocycles. The number of nitrogens with zero attached hydrogens (tertiary/aromatic N) is 9. The number of imidazole rings is 1. The summed E-state index contributed by atoms with van der Waals surface area (Å²) in [5, 5.41) is 41.2. The van der Waals surface area contributed by atoms with Gasteiger partial charge in [-0.3, -0.25) is 4.57 Å². The number of aliphatic hydroxyl groups excluding tert-OH is 2. The van der Waals surface area contributed by atoms with Crippen molar-refractivity contribution in [2.45, 2.75) is 95.4 Å². The molecule has 2 aliphatic heterocycles. The molecule has 2 saturated heterocycles. The molecule has 0 bridgehead atoms. The van der Waals surface area contributed by atoms with Crippen molar-refractivity contribution in [1.82, 2.24) is 44.6 Å². The SMILES string of the molecule is CC(C)n1nnc([C@H]2O[C@@H](n3cnc4c(NC5CCCC5)nc(NCCN5CCCCC5)nc43)[C@H](O)[C@@H]2O)n1. The minimum Gasteiger partial charge on any atom is -0.387 e. The third kappa shape index (κ3) is 5.42. The van der Waals surface area contributed by atoms with Crippen LogP contribution in [0.5, 0.6) is 0 Å². The van der Waals surface area contributed by atoms with Crippen LogP contribution in [0.4, 0.5) is 11.8 Å². The van der Waals surface area contributed by atoms with E-state index < -0.39 is 24.5 Å². The fourth-order valence-electron chi connectivity index (χ4n) is 5.73. The van der Waals surface area contributed by atoms with Crippen LogP contribution in [0.1, 0.15) is 83.0 Å². The predicted molar refractivity (Wildman–Crippen MR) is 143 cm³/mol. The normalized spacial score (nSPS) is 26.7. The summed E-state index contributed by atoms with van der Waals surface area (Å²) < 4.78 is 7.79. The standard InChI is InChI=1S/C25H39N11O3/c1-15(2)36-32-22(31-33-36)20-18(37)19(38)24(39-20)35-14-27-17-21(28-16-8-4-5-9-16)29-25(30-23(17)35)26-10-13-34-11-6-3-7-12-34/h14-16,18-20,24,37-38H,3-13H2,1-2H3,(H2,26,28,29,30)/t18-,19+,20-,24+/m0/s1. The Morgan fingerprint density at radius 3 is 2.59 bits per heavy atom. The van der Waals surface area contributed by atoms with Gasteiger partial charge in [-0.15, -0.1) is 10.2 Å². The van der Waals surface area contributed by atoms with Crippen molar-refractivity contribution in [3.63, 3.8) is 0 Å². The summed E-state index contributed by atoms with van der Waals surface area (Å²) >= 11 is 0. The summed E-state index contributed by atoms with van der Waals surface area (Å²) in [7, 11) is 0. The van der Waals surface area contributed by atoms with Gasteiger partial charge in [-0.25, -0.2) is 4.98 Å². The number of anilines is 2. The number of aromatic nitrogens is 8. The van der Waals surface area contributed by atoms with Crippen LogP contribution >= 0.6 is 0 Å². The molecule has 14 nitrogen and oxygen atoms in total. The van der Waals surface area contributed by atoms with E-state index in [-0.39, 0.29) is 11.9 Å². The summed E-state index contributed by atoms with van der Waals surface area (Å²) in [6, 6.07) is 0.343. The number of hydrogen-bond donors (Lipinski definition) is 4. The fourth-order valence-corrected chi connectivity index (χ4v) is 5.73. The van der Waals surface area contributed by atoms with Gasteiger partial charge in [-0.1, -0.05) is 19.3 Å². The number of aliphatic hydroxyl groups is 2. The number of hydrogen-bond acceptors (Lipinski definition) is 12. The Bertz CT molecular complexity index is 1250. The van der Waals surface area contributed by atoms with Gasteiger partial charge >= 0.3 is 0 Å². The molecule has 4 N–H and O–H groups in total. The number of nitrogens with one attached hydrogen (secondary N) is 2. The van der Waals surface area contributed by atoms with Gasteiger partial charge in [0.25, 0.3) is 0 Å². The van der Waals surface area contributed by atoms with E-state index in [1.165, 1.54) is 36.9 Å². The molecule has 0 spiro atoms. The Hall–Kier alpha value is -2.94. The largest absolute Gasteiger partial charge is 0.387 e. The number of fused-ring (bicyclic) bond motifs is 1. The Kier molecular flexibility index (Phi) is 7.60. The first-order chi connectivity index (χ1) is 19.0. The first-order valence-corrected chi connectivity index (χ1v) is 14.3. The highest BCUT2D eigenvalue weighted by Gasteiger charge is 2.47. The zero-order valence-corrected chi connectivity index (χ0v) is 22.6. The molecular weight excluding hydrogens is 502 g/mol. The zero-order chi connectivity index (χ0) is 26.9. The number of piperidine rings is 1. The molecule has 6 rings (SSSR count). The van der Waals surface area contributed by atoms with E-state index in [0.29, 0.717) is 29.0 Å². The van der Waals surface area contributed by atoms with Crippen LogP contribution in [0.2, 0.25) is 0 Å². The molecule has 0 amide bonds. The average Bonchev–Trinajstić information content (AvgIpc) is 3.74. The Morgan fingerprint density at radius 2 is 1.85 bits per heavy atom. The van der Waals surface area contributed by atoms with Gasteiger partial charge in [0.15, 0.2) is 29.3 Å². The van der Waals surface area contributed by atoms with Gasteiger partial charge in [0.2, 0.25) is 11.8 Å². The lowest BCUT2D eigenvalue weighted by atomic mass is 10.1. The lowest BCUT2D eigenvalue weighted by Crippen LogP contribution is -2.34. The second kappa shape index (κ2) is 11.3. The maximum absolute atomic E-state index is 11.0. The number of tetrazole rings is 1. The molecule has 0 unspecified atom stereocenters. The Labute approximate surface area is 227 Å². The van der Waals surface area contributed by atoms with E-state index >= 15 is 0 Å². The van der Waals surface area contributed by atoms with E-state index in [4.69, 9.17) is 14.7 Å². The summed E-state index contributed by atoms with van der Waals surface area (Å²) in [6.45, 7) is 7.77. The van der Waals surface area contributed by atoms with Crippen molar-refractivity contribution in [2.24, 2.45) is 0 Å². The summed E-state index contributed by atoms with van der Waals surface area (Å²) in [5.74, 6) is 1.38. The molecule has 14 heteroatoms. The van der Waals surface area contributed by atoms with Crippen molar-refractivity contribution < 1.29 is 14.9 Å². The summed E-state index contributed by atoms with van der Waals surface area (Å²) in [4.78, 5) is 18.1. The second-order valence-corrected chi connectivity index (χ2v) is 11.2. The fraction of sp³-hybridized carbons (Fsp3) is 0.760. The zero-order valence-electron chi connectivity index (χ0n) is 22.6. The van der Waals surface area contributed by atoms with Crippen molar-refractivity contribution in [2.75, 3.05) is 36.8 Å². The maximum atomic E-state index is 11.0. The van der Waals surface area contributed by atoms with Crippen LogP contribution in [0.25, 0.3) is 11.2 Å². The Morgan fingerprint density at radius 1 is 1.05 bits per heavy atom. The molecule has 5 heterocycles. The van der Waals surface area contributed by atoms with E-state index in [2.05, 4.69) is 35.9 Å². The monoisotopic (exact) mass is 541 g/mol. The van der Waals surface area contributed by atoms with Gasteiger partial charge in [-0.2, -0.15) is 14.8 Å². The summed E-state index contributed by atoms with van der Waals surface area (Å²) in [6.07, 6.45) is 5.60. The molecule has 3 aliphatic rings. The van der Waals surface area contributed by atoms with Crippen LogP contribution in [-0.2, 0) is 4.74 Å². The number of rotatable bonds is 9. The molecule has 4 atom stereocenters. The van der Waals surface area contributed by atoms with Crippen LogP contribution in [0.3, 0.4) is 0 Å². The van der Waals surface area contributed by atoms with Crippen molar-refractivity contribution >= 4 is 22.9 Å². The van der Waals surface area contributed by atoms with Gasteiger partial charge in [0, 0.05) is 19.1 Å². The molecule has 3 aromatic rings. The van der Waals surface area contributed by atoms with Gasteiger partial charge in [0.1, 0.15) is 12.2 Å². The van der Waals surface area contributed by atoms with Crippen LogP contribution in [0.15, 0.2) is 6.33 Å². The first kappa shape index (κ1) is 26.3. The average molecular weight is 542 g/mol. The van der Waals surface area contributed by atoms with E-state index in [1.807, 2.05) is 13.8 Å². The van der Waals surface area contributed by atoms with Crippen molar-refractivity contribution in [3.8, 4) is 0 Å². The molecule has 0 aromatic carbocycles. The second-order valence-electron chi connectivity index (χ2n) is 11.2. The molecule has 212 valence electrons. The molecule has 0 radical (unpaired) electrons. The van der Waals surface area contributed by atoms with Gasteiger partial charge in [-0.05, 0) is 57.8 Å². The highest BCUT2D eigenvalue weighted by molar-refractivity contribution is 5.84. The molecule has 3 fully saturated rings. The lowest BCUT2D eigenvalue weighted by molar-refractivity contribution is -0.0384. The lowest BCUT2D eigenvalue weighted by Gasteiger charge is -2.26. The van der Waals surface area contributed by atoms with Gasteiger partial charge in [0.05, 0.1) is 12.4 Å². The smallest absolute Gasteiger partial charge is 0.226 e. The molecule has 3 aromatic heterocycles. The maximum Gasteiger partial charge on any atom is 0.226 e. The van der Waals surface area contributed by atoms with Crippen LogP contribution in [0, 0.1) is 0 Å². The first-order valence-electron chi connectivity index (χ1n) is 14.3. The molecule has 39 heavy (non-hydrogen) atoms. The minimum atomic E-state index is -1.24. The van der Waals surface area contributed by atoms with Gasteiger partial charge < -0.3 is 30.5 Å². The molecular formula is C25H39N11O3. The quantitative estimate of drug-likeness (QED) is 0.310. The number of likely N-dealkylation sites (tertiary alicyclic amines) is 1. The third-order valence-electron chi connectivity index (χ3n) is 7.95. The Balaban J connectivity index is 1.27. The number of ether oxygens (including phenoxy) is 1. The minimum absolute atomic E-state index is 0.00596. The van der Waals surface area contributed by atoms with Crippen LogP contribution in [-0.4, -0.2) is 99.3 Å². The van der Waals surface area contributed by atoms with Crippen molar-refractivity contribution in [1.29, 1.82) is 0 Å². The topological polar surface area (TPSA) is 164 Å². The van der Waals surface area contributed by atoms with E-state index in [1.54, 1.807) is 10.9 Å². The third-order valence-corrected chi connectivity index (χ3v) is 7.95. The van der Waals surface area contributed by atoms with E-state index in [0.717, 1.165) is 39.0 Å². The van der Waals surface area contributed by atoms with Crippen LogP contribution < -0.4 is 10.6 Å². The summed E-state index contributed by atoms with van der Waals surface area (Å²) in [5.41, 5.74) is 1.11. The molecule has 1 aliphatic carbocycles. The van der Waals surface area contributed by atoms with Crippen molar-refractivity contribution in [3.05, 3.63) is 12.2 Å². The van der Waals surface area contributed by atoms with E-state index in [9.17, 15) is 10.2 Å². The predicted octanol–water partition coefficient (Wildman–Crippen LogP) is 1.64. The highest BCUT2D eigenvalue weighted by atomic mass is 16.6.